The zero-order chi connectivity index (χ0) is 14.1. The second-order valence-corrected chi connectivity index (χ2v) is 5.88. The number of rotatable bonds is 3. The molecule has 3 rings (SSSR count). The van der Waals surface area contributed by atoms with Gasteiger partial charge in [0.15, 0.2) is 0 Å². The van der Waals surface area contributed by atoms with Crippen LogP contribution in [0, 0.1) is 6.92 Å². The predicted octanol–water partition coefficient (Wildman–Crippen LogP) is 3.89. The van der Waals surface area contributed by atoms with E-state index in [2.05, 4.69) is 47.3 Å². The maximum absolute atomic E-state index is 5.80. The lowest BCUT2D eigenvalue weighted by molar-refractivity contribution is 1.14. The van der Waals surface area contributed by atoms with Gasteiger partial charge in [-0.3, -0.25) is 0 Å². The van der Waals surface area contributed by atoms with Gasteiger partial charge in [-0.15, -0.1) is 11.3 Å². The summed E-state index contributed by atoms with van der Waals surface area (Å²) < 4.78 is 0. The van der Waals surface area contributed by atoms with Gasteiger partial charge in [0, 0.05) is 10.6 Å². The number of nitrogens with one attached hydrogen (secondary N) is 1. The summed E-state index contributed by atoms with van der Waals surface area (Å²) in [7, 11) is 0. The highest BCUT2D eigenvalue weighted by Gasteiger charge is 2.10. The van der Waals surface area contributed by atoms with E-state index < -0.39 is 0 Å². The molecule has 0 spiro atoms. The third-order valence-electron chi connectivity index (χ3n) is 3.18. The van der Waals surface area contributed by atoms with Gasteiger partial charge in [0.05, 0.1) is 5.39 Å². The van der Waals surface area contributed by atoms with E-state index in [0.29, 0.717) is 5.95 Å². The van der Waals surface area contributed by atoms with Crippen LogP contribution in [0.15, 0.2) is 30.3 Å². The van der Waals surface area contributed by atoms with Crippen molar-refractivity contribution < 1.29 is 0 Å². The van der Waals surface area contributed by atoms with Crippen molar-refractivity contribution in [1.29, 1.82) is 0 Å². The molecule has 0 saturated heterocycles. The molecule has 0 bridgehead atoms. The number of nitrogens with zero attached hydrogens (tertiary/aromatic N) is 2. The number of fused-ring (bicyclic) bond motifs is 1. The first-order chi connectivity index (χ1) is 9.67. The molecule has 20 heavy (non-hydrogen) atoms. The molecule has 2 aromatic heterocycles. The minimum atomic E-state index is 0.302. The number of benzene rings is 1. The Morgan fingerprint density at radius 3 is 2.85 bits per heavy atom. The fraction of sp³-hybridized carbons (Fsp3) is 0.200. The molecular weight excluding hydrogens is 268 g/mol. The van der Waals surface area contributed by atoms with Crippen molar-refractivity contribution in [3.8, 4) is 0 Å². The number of thiophene rings is 1. The van der Waals surface area contributed by atoms with Crippen molar-refractivity contribution in [2.45, 2.75) is 20.3 Å². The smallest absolute Gasteiger partial charge is 0.223 e. The molecule has 5 heteroatoms. The quantitative estimate of drug-likeness (QED) is 0.766. The number of aryl methyl sites for hydroxylation is 2. The van der Waals surface area contributed by atoms with Crippen LogP contribution in [-0.4, -0.2) is 9.97 Å². The van der Waals surface area contributed by atoms with Crippen molar-refractivity contribution in [1.82, 2.24) is 9.97 Å². The lowest BCUT2D eigenvalue weighted by atomic mass is 10.1. The molecule has 0 aliphatic rings. The van der Waals surface area contributed by atoms with Crippen LogP contribution < -0.4 is 11.1 Å². The topological polar surface area (TPSA) is 63.8 Å². The first-order valence-electron chi connectivity index (χ1n) is 6.56. The van der Waals surface area contributed by atoms with Gasteiger partial charge in [-0.25, -0.2) is 4.98 Å². The van der Waals surface area contributed by atoms with Crippen LogP contribution >= 0.6 is 11.3 Å². The fourth-order valence-corrected chi connectivity index (χ4v) is 3.12. The molecule has 0 saturated carbocycles. The zero-order valence-electron chi connectivity index (χ0n) is 11.5. The molecule has 0 atom stereocenters. The molecule has 0 unspecified atom stereocenters. The number of aromatic nitrogens is 2. The first-order valence-corrected chi connectivity index (χ1v) is 7.37. The summed E-state index contributed by atoms with van der Waals surface area (Å²) in [6.45, 7) is 4.20. The Kier molecular flexibility index (Phi) is 3.28. The van der Waals surface area contributed by atoms with Gasteiger partial charge in [-0.05, 0) is 31.0 Å². The van der Waals surface area contributed by atoms with Gasteiger partial charge in [-0.1, -0.05) is 25.1 Å². The normalized spacial score (nSPS) is 10.9. The van der Waals surface area contributed by atoms with Gasteiger partial charge < -0.3 is 11.1 Å². The number of hydrogen-bond acceptors (Lipinski definition) is 5. The molecule has 0 radical (unpaired) electrons. The summed E-state index contributed by atoms with van der Waals surface area (Å²) in [6.07, 6.45) is 0.968. The lowest BCUT2D eigenvalue weighted by Crippen LogP contribution is -2.01. The number of anilines is 3. The Bertz CT molecular complexity index is 764. The van der Waals surface area contributed by atoms with E-state index in [-0.39, 0.29) is 0 Å². The highest BCUT2D eigenvalue weighted by Crippen LogP contribution is 2.31. The highest BCUT2D eigenvalue weighted by molar-refractivity contribution is 7.18. The highest BCUT2D eigenvalue weighted by atomic mass is 32.1. The maximum Gasteiger partial charge on any atom is 0.223 e. The van der Waals surface area contributed by atoms with Gasteiger partial charge in [-0.2, -0.15) is 4.98 Å². The van der Waals surface area contributed by atoms with E-state index in [4.69, 9.17) is 5.73 Å². The molecule has 1 aromatic carbocycles. The van der Waals surface area contributed by atoms with Crippen molar-refractivity contribution in [2.24, 2.45) is 0 Å². The van der Waals surface area contributed by atoms with E-state index >= 15 is 0 Å². The number of nitrogens with two attached hydrogens (primary N) is 1. The molecule has 0 aliphatic carbocycles. The van der Waals surface area contributed by atoms with Gasteiger partial charge in [0.25, 0.3) is 0 Å². The monoisotopic (exact) mass is 284 g/mol. The molecule has 102 valence electrons. The van der Waals surface area contributed by atoms with Crippen molar-refractivity contribution >= 4 is 39.0 Å². The van der Waals surface area contributed by atoms with Gasteiger partial charge in [0.2, 0.25) is 5.95 Å². The van der Waals surface area contributed by atoms with Crippen LogP contribution in [0.4, 0.5) is 17.5 Å². The van der Waals surface area contributed by atoms with Crippen LogP contribution in [0.5, 0.6) is 0 Å². The molecule has 0 fully saturated rings. The predicted molar refractivity (Wildman–Crippen MR) is 85.7 cm³/mol. The largest absolute Gasteiger partial charge is 0.368 e. The second kappa shape index (κ2) is 5.09. The van der Waals surface area contributed by atoms with Crippen molar-refractivity contribution in [3.63, 3.8) is 0 Å². The average Bonchev–Trinajstić information content (AvgIpc) is 2.79. The molecule has 0 amide bonds. The van der Waals surface area contributed by atoms with E-state index in [0.717, 1.165) is 28.1 Å². The van der Waals surface area contributed by atoms with E-state index in [1.165, 1.54) is 10.4 Å². The fourth-order valence-electron chi connectivity index (χ4n) is 2.23. The SMILES string of the molecule is CCc1ccccc1Nc1nc(N)nc2sc(C)cc12. The molecule has 3 N–H and O–H groups in total. The summed E-state index contributed by atoms with van der Waals surface area (Å²) in [5.41, 5.74) is 8.12. The van der Waals surface area contributed by atoms with Crippen LogP contribution in [0.3, 0.4) is 0 Å². The third-order valence-corrected chi connectivity index (χ3v) is 4.13. The maximum atomic E-state index is 5.80. The Morgan fingerprint density at radius 2 is 2.05 bits per heavy atom. The Hall–Kier alpha value is -2.14. The molecular formula is C15H16N4S. The standard InChI is InChI=1S/C15H16N4S/c1-3-10-6-4-5-7-12(10)17-13-11-8-9(2)20-14(11)19-15(16)18-13/h4-8H,3H2,1-2H3,(H3,16,17,18,19). The first kappa shape index (κ1) is 12.9. The molecule has 2 heterocycles. The molecule has 3 aromatic rings. The number of para-hydroxylation sites is 1. The van der Waals surface area contributed by atoms with E-state index in [9.17, 15) is 0 Å². The minimum absolute atomic E-state index is 0.302. The Labute approximate surface area is 121 Å². The summed E-state index contributed by atoms with van der Waals surface area (Å²) in [5, 5.41) is 4.42. The van der Waals surface area contributed by atoms with Gasteiger partial charge >= 0.3 is 0 Å². The molecule has 0 aliphatic heterocycles. The summed E-state index contributed by atoms with van der Waals surface area (Å²) >= 11 is 1.63. The summed E-state index contributed by atoms with van der Waals surface area (Å²) in [5.74, 6) is 1.08. The summed E-state index contributed by atoms with van der Waals surface area (Å²) in [4.78, 5) is 10.8. The van der Waals surface area contributed by atoms with E-state index in [1.54, 1.807) is 11.3 Å². The third kappa shape index (κ3) is 2.32. The summed E-state index contributed by atoms with van der Waals surface area (Å²) in [6, 6.07) is 10.3. The van der Waals surface area contributed by atoms with Crippen molar-refractivity contribution in [2.75, 3.05) is 11.1 Å². The Balaban J connectivity index is 2.10. The van der Waals surface area contributed by atoms with Crippen LogP contribution in [-0.2, 0) is 6.42 Å². The minimum Gasteiger partial charge on any atom is -0.368 e. The van der Waals surface area contributed by atoms with Crippen LogP contribution in [0.2, 0.25) is 0 Å². The van der Waals surface area contributed by atoms with Crippen LogP contribution in [0.1, 0.15) is 17.4 Å². The van der Waals surface area contributed by atoms with Crippen molar-refractivity contribution in [3.05, 3.63) is 40.8 Å². The van der Waals surface area contributed by atoms with E-state index in [1.807, 2.05) is 12.1 Å². The molecule has 4 nitrogen and oxygen atoms in total. The second-order valence-electron chi connectivity index (χ2n) is 4.64. The zero-order valence-corrected chi connectivity index (χ0v) is 12.3. The number of nitrogen functional groups attached to an aromatic ring is 1. The number of hydrogen-bond donors (Lipinski definition) is 2. The van der Waals surface area contributed by atoms with Crippen LogP contribution in [0.25, 0.3) is 10.2 Å². The van der Waals surface area contributed by atoms with Gasteiger partial charge in [0.1, 0.15) is 10.6 Å². The lowest BCUT2D eigenvalue weighted by Gasteiger charge is -2.11. The Morgan fingerprint density at radius 1 is 1.25 bits per heavy atom. The average molecular weight is 284 g/mol.